The fourth-order valence-corrected chi connectivity index (χ4v) is 2.54. The van der Waals surface area contributed by atoms with Crippen LogP contribution in [0.15, 0.2) is 18.2 Å². The minimum atomic E-state index is -0.0950. The third-order valence-corrected chi connectivity index (χ3v) is 3.13. The van der Waals surface area contributed by atoms with E-state index < -0.39 is 0 Å². The third-order valence-electron chi connectivity index (χ3n) is 3.13. The van der Waals surface area contributed by atoms with Gasteiger partial charge in [-0.05, 0) is 30.5 Å². The van der Waals surface area contributed by atoms with Gasteiger partial charge in [0.15, 0.2) is 0 Å². The van der Waals surface area contributed by atoms with Crippen molar-refractivity contribution < 1.29 is 4.39 Å². The second-order valence-corrected chi connectivity index (χ2v) is 6.44. The Balaban J connectivity index is 2.82. The van der Waals surface area contributed by atoms with E-state index in [1.54, 1.807) is 6.07 Å². The van der Waals surface area contributed by atoms with Crippen molar-refractivity contribution >= 4 is 0 Å². The van der Waals surface area contributed by atoms with Crippen molar-refractivity contribution in [3.63, 3.8) is 0 Å². The molecule has 1 aromatic carbocycles. The zero-order chi connectivity index (χ0) is 15.1. The van der Waals surface area contributed by atoms with Crippen LogP contribution >= 0.6 is 0 Å². The monoisotopic (exact) mass is 280 g/mol. The number of nitrogens with one attached hydrogen (secondary N) is 1. The Kier molecular flexibility index (Phi) is 7.17. The molecule has 1 rings (SSSR count). The highest BCUT2D eigenvalue weighted by atomic mass is 19.1. The van der Waals surface area contributed by atoms with Crippen molar-refractivity contribution in [2.75, 3.05) is 20.1 Å². The molecule has 1 aromatic rings. The Morgan fingerprint density at radius 3 is 2.20 bits per heavy atom. The summed E-state index contributed by atoms with van der Waals surface area (Å²) in [7, 11) is 1.91. The van der Waals surface area contributed by atoms with Crippen LogP contribution in [0.4, 0.5) is 4.39 Å². The first-order chi connectivity index (χ1) is 9.42. The maximum Gasteiger partial charge on any atom is 0.127 e. The van der Waals surface area contributed by atoms with Crippen LogP contribution in [0.2, 0.25) is 0 Å². The van der Waals surface area contributed by atoms with Gasteiger partial charge >= 0.3 is 0 Å². The van der Waals surface area contributed by atoms with Gasteiger partial charge in [-0.2, -0.15) is 0 Å². The van der Waals surface area contributed by atoms with Gasteiger partial charge in [-0.15, -0.1) is 0 Å². The molecule has 0 aliphatic carbocycles. The Morgan fingerprint density at radius 2 is 1.70 bits per heavy atom. The fraction of sp³-hybridized carbons (Fsp3) is 0.647. The molecule has 0 saturated heterocycles. The summed E-state index contributed by atoms with van der Waals surface area (Å²) in [6, 6.07) is 5.43. The molecule has 2 nitrogen and oxygen atoms in total. The maximum atomic E-state index is 14.0. The van der Waals surface area contributed by atoms with Gasteiger partial charge in [-0.25, -0.2) is 4.39 Å². The summed E-state index contributed by atoms with van der Waals surface area (Å²) in [6.45, 7) is 12.3. The van der Waals surface area contributed by atoms with E-state index in [2.05, 4.69) is 37.9 Å². The molecule has 1 N–H and O–H groups in total. The van der Waals surface area contributed by atoms with Crippen molar-refractivity contribution in [2.24, 2.45) is 11.8 Å². The maximum absolute atomic E-state index is 14.0. The Labute approximate surface area is 123 Å². The van der Waals surface area contributed by atoms with E-state index >= 15 is 0 Å². The van der Waals surface area contributed by atoms with E-state index in [0.29, 0.717) is 18.4 Å². The van der Waals surface area contributed by atoms with Crippen LogP contribution in [0.25, 0.3) is 0 Å². The molecule has 0 aliphatic rings. The minimum absolute atomic E-state index is 0.0950. The van der Waals surface area contributed by atoms with Crippen molar-refractivity contribution in [3.8, 4) is 0 Å². The highest BCUT2D eigenvalue weighted by molar-refractivity contribution is 5.25. The lowest BCUT2D eigenvalue weighted by molar-refractivity contribution is 0.209. The number of benzene rings is 1. The first-order valence-corrected chi connectivity index (χ1v) is 7.56. The van der Waals surface area contributed by atoms with Gasteiger partial charge in [0.2, 0.25) is 0 Å². The highest BCUT2D eigenvalue weighted by Gasteiger charge is 2.13. The van der Waals surface area contributed by atoms with Crippen molar-refractivity contribution in [1.29, 1.82) is 0 Å². The Bertz CT molecular complexity index is 392. The third kappa shape index (κ3) is 6.02. The quantitative estimate of drug-likeness (QED) is 0.782. The van der Waals surface area contributed by atoms with Crippen LogP contribution in [0.1, 0.15) is 38.8 Å². The fourth-order valence-electron chi connectivity index (χ4n) is 2.54. The van der Waals surface area contributed by atoms with Crippen molar-refractivity contribution in [3.05, 3.63) is 35.1 Å². The summed E-state index contributed by atoms with van der Waals surface area (Å²) in [4.78, 5) is 2.36. The molecule has 0 aromatic heterocycles. The molecule has 0 saturated carbocycles. The normalized spacial score (nSPS) is 11.8. The summed E-state index contributed by atoms with van der Waals surface area (Å²) < 4.78 is 14.0. The zero-order valence-corrected chi connectivity index (χ0v) is 13.5. The summed E-state index contributed by atoms with van der Waals surface area (Å²) in [5.74, 6) is 1.09. The predicted molar refractivity (Wildman–Crippen MR) is 84.1 cm³/mol. The molecule has 3 heteroatoms. The summed E-state index contributed by atoms with van der Waals surface area (Å²) in [6.07, 6.45) is 0. The number of rotatable bonds is 8. The van der Waals surface area contributed by atoms with Gasteiger partial charge in [0.1, 0.15) is 5.82 Å². The molecule has 20 heavy (non-hydrogen) atoms. The molecule has 0 aliphatic heterocycles. The molecule has 114 valence electrons. The zero-order valence-electron chi connectivity index (χ0n) is 13.5. The minimum Gasteiger partial charge on any atom is -0.316 e. The second-order valence-electron chi connectivity index (χ2n) is 6.44. The van der Waals surface area contributed by atoms with Crippen LogP contribution in [-0.4, -0.2) is 25.0 Å². The van der Waals surface area contributed by atoms with E-state index in [0.717, 1.165) is 30.8 Å². The molecule has 0 radical (unpaired) electrons. The summed E-state index contributed by atoms with van der Waals surface area (Å²) in [5, 5.41) is 3.11. The standard InChI is InChI=1S/C17H29FN2/c1-13(2)10-20(11-14(3)4)12-16-8-15(9-19-5)6-7-17(16)18/h6-8,13-14,19H,9-12H2,1-5H3. The number of hydrogen-bond acceptors (Lipinski definition) is 2. The molecular formula is C17H29FN2. The number of hydrogen-bond donors (Lipinski definition) is 1. The largest absolute Gasteiger partial charge is 0.316 e. The van der Waals surface area contributed by atoms with E-state index in [1.165, 1.54) is 0 Å². The number of nitrogens with zero attached hydrogens (tertiary/aromatic N) is 1. The Hall–Kier alpha value is -0.930. The van der Waals surface area contributed by atoms with Gasteiger partial charge in [0, 0.05) is 31.7 Å². The first-order valence-electron chi connectivity index (χ1n) is 7.56. The van der Waals surface area contributed by atoms with Gasteiger partial charge in [0.25, 0.3) is 0 Å². The van der Waals surface area contributed by atoms with Crippen molar-refractivity contribution in [2.45, 2.75) is 40.8 Å². The van der Waals surface area contributed by atoms with Gasteiger partial charge < -0.3 is 5.32 Å². The Morgan fingerprint density at radius 1 is 1.10 bits per heavy atom. The molecule has 0 amide bonds. The lowest BCUT2D eigenvalue weighted by Crippen LogP contribution is -2.31. The summed E-state index contributed by atoms with van der Waals surface area (Å²) in [5.41, 5.74) is 1.94. The van der Waals surface area contributed by atoms with E-state index in [1.807, 2.05) is 19.2 Å². The van der Waals surface area contributed by atoms with E-state index in [-0.39, 0.29) is 5.82 Å². The topological polar surface area (TPSA) is 15.3 Å². The molecule has 0 atom stereocenters. The van der Waals surface area contributed by atoms with Crippen molar-refractivity contribution in [1.82, 2.24) is 10.2 Å². The van der Waals surface area contributed by atoms with Gasteiger partial charge in [-0.1, -0.05) is 39.8 Å². The molecule has 0 unspecified atom stereocenters. The molecular weight excluding hydrogens is 251 g/mol. The van der Waals surface area contributed by atoms with Gasteiger partial charge in [-0.3, -0.25) is 4.90 Å². The average molecular weight is 280 g/mol. The first kappa shape index (κ1) is 17.1. The number of halogens is 1. The average Bonchev–Trinajstić information content (AvgIpc) is 2.32. The van der Waals surface area contributed by atoms with Gasteiger partial charge in [0.05, 0.1) is 0 Å². The molecule has 0 bridgehead atoms. The van der Waals surface area contributed by atoms with Crippen LogP contribution in [0, 0.1) is 17.7 Å². The lowest BCUT2D eigenvalue weighted by Gasteiger charge is -2.26. The van der Waals surface area contributed by atoms with E-state index in [4.69, 9.17) is 0 Å². The van der Waals surface area contributed by atoms with Crippen LogP contribution in [0.3, 0.4) is 0 Å². The SMILES string of the molecule is CNCc1ccc(F)c(CN(CC(C)C)CC(C)C)c1. The lowest BCUT2D eigenvalue weighted by atomic mass is 10.1. The molecule has 0 heterocycles. The van der Waals surface area contributed by atoms with Crippen LogP contribution in [-0.2, 0) is 13.1 Å². The van der Waals surface area contributed by atoms with Crippen LogP contribution in [0.5, 0.6) is 0 Å². The second kappa shape index (κ2) is 8.38. The highest BCUT2D eigenvalue weighted by Crippen LogP contribution is 2.15. The predicted octanol–water partition coefficient (Wildman–Crippen LogP) is 3.66. The van der Waals surface area contributed by atoms with E-state index in [9.17, 15) is 4.39 Å². The smallest absolute Gasteiger partial charge is 0.127 e. The molecule has 0 spiro atoms. The van der Waals surface area contributed by atoms with Crippen LogP contribution < -0.4 is 5.32 Å². The summed E-state index contributed by atoms with van der Waals surface area (Å²) >= 11 is 0. The molecule has 0 fully saturated rings.